The van der Waals surface area contributed by atoms with Gasteiger partial charge in [0.15, 0.2) is 0 Å². The van der Waals surface area contributed by atoms with Crippen LogP contribution in [0.4, 0.5) is 0 Å². The number of hydrogen-bond donors (Lipinski definition) is 1. The van der Waals surface area contributed by atoms with Crippen LogP contribution < -0.4 is 25.4 Å². The Kier molecular flexibility index (Phi) is 6.44. The zero-order valence-electron chi connectivity index (χ0n) is 7.30. The van der Waals surface area contributed by atoms with Gasteiger partial charge in [0.05, 0.1) is 0 Å². The van der Waals surface area contributed by atoms with E-state index in [4.69, 9.17) is 14.9 Å². The molecule has 0 amide bonds. The van der Waals surface area contributed by atoms with Gasteiger partial charge in [0.25, 0.3) is 0 Å². The molecule has 5 heteroatoms. The predicted octanol–water partition coefficient (Wildman–Crippen LogP) is -2.82. The maximum absolute atomic E-state index is 5.36. The zero-order chi connectivity index (χ0) is 8.74. The third-order valence-corrected chi connectivity index (χ3v) is 7.38. The zero-order valence-corrected chi connectivity index (χ0v) is 9.46. The first-order chi connectivity index (χ1) is 5.24. The minimum atomic E-state index is -2.74. The van der Waals surface area contributed by atoms with Crippen molar-refractivity contribution in [3.05, 3.63) is 0 Å². The van der Waals surface area contributed by atoms with Crippen LogP contribution in [-0.2, 0) is 9.20 Å². The molecule has 11 heavy (non-hydrogen) atoms. The van der Waals surface area contributed by atoms with Crippen molar-refractivity contribution in [1.82, 2.24) is 0 Å². The van der Waals surface area contributed by atoms with Crippen LogP contribution in [0.1, 0.15) is 6.42 Å². The molecule has 0 radical (unpaired) electrons. The van der Waals surface area contributed by atoms with Crippen LogP contribution in [0.3, 0.4) is 0 Å². The summed E-state index contributed by atoms with van der Waals surface area (Å²) in [5.74, 6) is 0. The van der Waals surface area contributed by atoms with Gasteiger partial charge in [-0.3, -0.25) is 0 Å². The normalized spacial score (nSPS) is 13.5. The van der Waals surface area contributed by atoms with Crippen LogP contribution in [0.25, 0.3) is 0 Å². The van der Waals surface area contributed by atoms with E-state index in [0.717, 1.165) is 10.8 Å². The van der Waals surface area contributed by atoms with Crippen molar-refractivity contribution in [2.75, 3.05) is 32.3 Å². The van der Waals surface area contributed by atoms with E-state index in [9.17, 15) is 0 Å². The Bertz CT molecular complexity index is 89.6. The topological polar surface area (TPSA) is 53.7 Å². The van der Waals surface area contributed by atoms with Gasteiger partial charge in [0.1, 0.15) is 0 Å². The average molecular weight is 278 g/mol. The van der Waals surface area contributed by atoms with Gasteiger partial charge in [0, 0.05) is 0 Å². The summed E-state index contributed by atoms with van der Waals surface area (Å²) in [6.07, 6.45) is 0.895. The van der Waals surface area contributed by atoms with Gasteiger partial charge in [0.2, 0.25) is 0 Å². The Labute approximate surface area is 73.5 Å². The van der Waals surface area contributed by atoms with Crippen LogP contribution in [0, 0.1) is 0 Å². The molecule has 0 aliphatic carbocycles. The first kappa shape index (κ1) is 11.6. The van der Waals surface area contributed by atoms with E-state index in [0.29, 0.717) is 6.54 Å². The molecule has 0 spiro atoms. The average Bonchev–Trinajstić information content (AvgIpc) is 2.08. The van der Waals surface area contributed by atoms with Crippen molar-refractivity contribution in [3.63, 3.8) is 0 Å². The Morgan fingerprint density at radius 2 is 1.55 bits per heavy atom. The van der Waals surface area contributed by atoms with E-state index >= 15 is 0 Å². The summed E-state index contributed by atoms with van der Waals surface area (Å²) in [7, 11) is 4.88. The Hall–Kier alpha value is 0.570. The fraction of sp³-hybridized carbons (Fsp3) is 1.00. The molecule has 0 aliphatic heterocycles. The molecule has 0 aromatic rings. The van der Waals surface area contributed by atoms with Crippen molar-refractivity contribution >= 4 is 0 Å². The molecule has 72 valence electrons. The second-order valence-corrected chi connectivity index (χ2v) is 8.48. The Balaban J connectivity index is 3.84. The van der Waals surface area contributed by atoms with Gasteiger partial charge in [-0.15, -0.1) is 0 Å². The van der Waals surface area contributed by atoms with Crippen molar-refractivity contribution in [2.45, 2.75) is 6.42 Å². The molecule has 0 aromatic carbocycles. The van der Waals surface area contributed by atoms with E-state index in [1.165, 1.54) is 0 Å². The number of rotatable bonds is 6. The third-order valence-electron chi connectivity index (χ3n) is 1.27. The molecule has 0 fully saturated rings. The summed E-state index contributed by atoms with van der Waals surface area (Å²) >= 11 is -2.74. The van der Waals surface area contributed by atoms with Crippen LogP contribution in [0.15, 0.2) is 0 Å². The quantitative estimate of drug-likeness (QED) is 0.421. The second kappa shape index (κ2) is 6.13. The first-order valence-corrected chi connectivity index (χ1v) is 7.53. The van der Waals surface area contributed by atoms with E-state index < -0.39 is 19.7 Å². The molecule has 0 unspecified atom stereocenters. The number of hydrogen-bond acceptors (Lipinski definition) is 4. The monoisotopic (exact) mass is 278 g/mol. The molecule has 0 bridgehead atoms. The molecular weight excluding hydrogens is 261 g/mol. The fourth-order valence-corrected chi connectivity index (χ4v) is 4.44. The summed E-state index contributed by atoms with van der Waals surface area (Å²) in [5, 5.41) is 0. The molecule has 0 rings (SSSR count). The van der Waals surface area contributed by atoms with Crippen LogP contribution in [-0.4, -0.2) is 32.3 Å². The van der Waals surface area contributed by atoms with Gasteiger partial charge in [-0.1, -0.05) is 0 Å². The molecule has 4 nitrogen and oxygen atoms in total. The van der Waals surface area contributed by atoms with Gasteiger partial charge < -0.3 is 0 Å². The minimum absolute atomic E-state index is 0.654. The van der Waals surface area contributed by atoms with Crippen molar-refractivity contribution in [3.8, 4) is 0 Å². The van der Waals surface area contributed by atoms with Crippen LogP contribution in [0.5, 0.6) is 0 Å². The maximum atomic E-state index is 5.36. The summed E-state index contributed by atoms with van der Waals surface area (Å²) < 4.78 is 16.5. The van der Waals surface area contributed by atoms with E-state index in [1.807, 2.05) is 0 Å². The predicted molar refractivity (Wildman–Crippen MR) is 39.6 cm³/mol. The van der Waals surface area contributed by atoms with E-state index in [1.54, 1.807) is 21.3 Å². The molecule has 0 aromatic heterocycles. The Morgan fingerprint density at radius 3 is 1.82 bits per heavy atom. The van der Waals surface area contributed by atoms with Gasteiger partial charge in [-0.05, 0) is 0 Å². The summed E-state index contributed by atoms with van der Waals surface area (Å²) in [4.78, 5) is 0. The Morgan fingerprint density at radius 1 is 1.09 bits per heavy atom. The number of alkyl halides is 1. The van der Waals surface area contributed by atoms with Crippen LogP contribution >= 0.6 is 0 Å². The molecule has 0 heterocycles. The summed E-state index contributed by atoms with van der Waals surface area (Å²) in [6.45, 7) is 0.654. The fourth-order valence-electron chi connectivity index (χ4n) is 0.661. The molecule has 2 N–H and O–H groups in total. The van der Waals surface area contributed by atoms with Crippen LogP contribution in [0.2, 0.25) is 0 Å². The van der Waals surface area contributed by atoms with Gasteiger partial charge in [-0.2, -0.15) is 0 Å². The molecular formula is C6H17INO3-. The van der Waals surface area contributed by atoms with Gasteiger partial charge in [-0.25, -0.2) is 0 Å². The molecule has 0 saturated heterocycles. The van der Waals surface area contributed by atoms with Crippen molar-refractivity contribution < 1.29 is 28.9 Å². The third kappa shape index (κ3) is 3.66. The van der Waals surface area contributed by atoms with E-state index in [2.05, 4.69) is 0 Å². The standard InChI is InChI=1S/C6H17INO3/c1-9-7(10-2,11-3)5-4-6-8/h4-6,8H2,1-3H3/q-1. The first-order valence-electron chi connectivity index (χ1n) is 3.36. The summed E-state index contributed by atoms with van der Waals surface area (Å²) in [6, 6.07) is 0. The molecule has 0 aliphatic rings. The molecule has 0 atom stereocenters. The van der Waals surface area contributed by atoms with Crippen molar-refractivity contribution in [2.24, 2.45) is 5.73 Å². The number of halogens is 1. The summed E-state index contributed by atoms with van der Waals surface area (Å²) in [5.41, 5.74) is 5.36. The SMILES string of the molecule is CO[I-](CCCN)(OC)OC. The number of nitrogens with two attached hydrogens (primary N) is 1. The van der Waals surface area contributed by atoms with E-state index in [-0.39, 0.29) is 0 Å². The van der Waals surface area contributed by atoms with Crippen molar-refractivity contribution in [1.29, 1.82) is 0 Å². The van der Waals surface area contributed by atoms with Gasteiger partial charge >= 0.3 is 73.3 Å². The molecule has 0 saturated carbocycles. The second-order valence-electron chi connectivity index (χ2n) is 1.81.